The Morgan fingerprint density at radius 2 is 1.65 bits per heavy atom. The van der Waals surface area contributed by atoms with Gasteiger partial charge in [-0.3, -0.25) is 15.1 Å². The molecule has 0 aliphatic carbocycles. The molecule has 0 aromatic heterocycles. The zero-order chi connectivity index (χ0) is 12.1. The first-order valence-corrected chi connectivity index (χ1v) is 5.09. The number of nitro benzene ring substituents is 1. The van der Waals surface area contributed by atoms with E-state index in [1.54, 1.807) is 18.3 Å². The fraction of sp³-hybridized carbons (Fsp3) is 0. The van der Waals surface area contributed by atoms with Crippen LogP contribution in [0.15, 0.2) is 59.6 Å². The first kappa shape index (κ1) is 11.0. The number of hydrogen-bond donors (Lipinski definition) is 0. The fourth-order valence-electron chi connectivity index (χ4n) is 1.35. The van der Waals surface area contributed by atoms with Gasteiger partial charge in [0, 0.05) is 18.3 Å². The molecule has 0 N–H and O–H groups in total. The van der Waals surface area contributed by atoms with E-state index in [0.29, 0.717) is 5.69 Å². The fourth-order valence-corrected chi connectivity index (χ4v) is 1.35. The SMILES string of the molecule is O=[N+]([O-])c1ccc(/N=C/c2ccccc2)cc1. The highest BCUT2D eigenvalue weighted by Gasteiger charge is 2.02. The molecule has 0 atom stereocenters. The highest BCUT2D eigenvalue weighted by molar-refractivity contribution is 5.81. The van der Waals surface area contributed by atoms with Gasteiger partial charge in [-0.15, -0.1) is 0 Å². The van der Waals surface area contributed by atoms with Crippen molar-refractivity contribution in [1.29, 1.82) is 0 Å². The van der Waals surface area contributed by atoms with Crippen molar-refractivity contribution < 1.29 is 4.92 Å². The van der Waals surface area contributed by atoms with Crippen molar-refractivity contribution in [2.75, 3.05) is 0 Å². The van der Waals surface area contributed by atoms with E-state index in [1.165, 1.54) is 12.1 Å². The molecule has 2 rings (SSSR count). The number of rotatable bonds is 3. The van der Waals surface area contributed by atoms with Gasteiger partial charge in [-0.25, -0.2) is 0 Å². The number of non-ortho nitro benzene ring substituents is 1. The minimum atomic E-state index is -0.426. The van der Waals surface area contributed by atoms with E-state index in [0.717, 1.165) is 5.56 Å². The lowest BCUT2D eigenvalue weighted by Gasteiger charge is -1.94. The van der Waals surface area contributed by atoms with Gasteiger partial charge in [-0.2, -0.15) is 0 Å². The third kappa shape index (κ3) is 2.98. The van der Waals surface area contributed by atoms with Gasteiger partial charge in [0.2, 0.25) is 0 Å². The van der Waals surface area contributed by atoms with Crippen LogP contribution in [0.1, 0.15) is 5.56 Å². The van der Waals surface area contributed by atoms with Gasteiger partial charge in [0.1, 0.15) is 0 Å². The standard InChI is InChI=1S/C13H10N2O2/c16-15(17)13-8-6-12(7-9-13)14-10-11-4-2-1-3-5-11/h1-10H/b14-10+. The van der Waals surface area contributed by atoms with Crippen LogP contribution >= 0.6 is 0 Å². The Morgan fingerprint density at radius 3 is 2.24 bits per heavy atom. The molecule has 0 amide bonds. The first-order valence-electron chi connectivity index (χ1n) is 5.09. The van der Waals surface area contributed by atoms with Gasteiger partial charge < -0.3 is 0 Å². The third-order valence-corrected chi connectivity index (χ3v) is 2.22. The van der Waals surface area contributed by atoms with Crippen LogP contribution in [-0.4, -0.2) is 11.1 Å². The monoisotopic (exact) mass is 226 g/mol. The summed E-state index contributed by atoms with van der Waals surface area (Å²) in [7, 11) is 0. The molecule has 0 aliphatic heterocycles. The Balaban J connectivity index is 2.14. The lowest BCUT2D eigenvalue weighted by atomic mass is 10.2. The molecular formula is C13H10N2O2. The minimum absolute atomic E-state index is 0.0728. The molecule has 0 saturated carbocycles. The Bertz CT molecular complexity index is 533. The van der Waals surface area contributed by atoms with E-state index in [9.17, 15) is 10.1 Å². The maximum Gasteiger partial charge on any atom is 0.269 e. The molecule has 0 bridgehead atoms. The molecule has 0 fully saturated rings. The predicted octanol–water partition coefficient (Wildman–Crippen LogP) is 3.35. The second-order valence-corrected chi connectivity index (χ2v) is 3.44. The molecule has 4 nitrogen and oxygen atoms in total. The van der Waals surface area contributed by atoms with E-state index in [1.807, 2.05) is 30.3 Å². The number of nitrogens with zero attached hydrogens (tertiary/aromatic N) is 2. The smallest absolute Gasteiger partial charge is 0.258 e. The van der Waals surface area contributed by atoms with Crippen LogP contribution in [0.2, 0.25) is 0 Å². The molecule has 2 aromatic rings. The quantitative estimate of drug-likeness (QED) is 0.458. The van der Waals surface area contributed by atoms with Crippen LogP contribution in [0.3, 0.4) is 0 Å². The van der Waals surface area contributed by atoms with Gasteiger partial charge in [0.15, 0.2) is 0 Å². The molecular weight excluding hydrogens is 216 g/mol. The van der Waals surface area contributed by atoms with E-state index < -0.39 is 4.92 Å². The molecule has 17 heavy (non-hydrogen) atoms. The zero-order valence-corrected chi connectivity index (χ0v) is 8.98. The summed E-state index contributed by atoms with van der Waals surface area (Å²) in [5, 5.41) is 10.5. The Kier molecular flexibility index (Phi) is 3.25. The number of nitro groups is 1. The molecule has 0 aliphatic rings. The molecule has 0 radical (unpaired) electrons. The molecule has 0 unspecified atom stereocenters. The average Bonchev–Trinajstić information content (AvgIpc) is 2.38. The third-order valence-electron chi connectivity index (χ3n) is 2.22. The van der Waals surface area contributed by atoms with E-state index in [2.05, 4.69) is 4.99 Å². The predicted molar refractivity (Wildman–Crippen MR) is 66.8 cm³/mol. The number of benzene rings is 2. The summed E-state index contributed by atoms with van der Waals surface area (Å²) in [6.07, 6.45) is 1.72. The molecule has 0 heterocycles. The molecule has 84 valence electrons. The first-order chi connectivity index (χ1) is 8.25. The maximum absolute atomic E-state index is 10.5. The summed E-state index contributed by atoms with van der Waals surface area (Å²) < 4.78 is 0. The Labute approximate surface area is 98.4 Å². The summed E-state index contributed by atoms with van der Waals surface area (Å²) in [6.45, 7) is 0. The zero-order valence-electron chi connectivity index (χ0n) is 8.98. The van der Waals surface area contributed by atoms with Gasteiger partial charge in [-0.05, 0) is 17.7 Å². The summed E-state index contributed by atoms with van der Waals surface area (Å²) in [5.41, 5.74) is 1.76. The van der Waals surface area contributed by atoms with Crippen LogP contribution in [0.4, 0.5) is 11.4 Å². The van der Waals surface area contributed by atoms with Gasteiger partial charge in [0.05, 0.1) is 10.6 Å². The van der Waals surface area contributed by atoms with E-state index in [4.69, 9.17) is 0 Å². The van der Waals surface area contributed by atoms with Crippen molar-refractivity contribution >= 4 is 17.6 Å². The number of aliphatic imine (C=N–C) groups is 1. The summed E-state index contributed by atoms with van der Waals surface area (Å²) in [4.78, 5) is 14.3. The Hall–Kier alpha value is -2.49. The van der Waals surface area contributed by atoms with Crippen molar-refractivity contribution in [3.63, 3.8) is 0 Å². The van der Waals surface area contributed by atoms with Crippen LogP contribution in [-0.2, 0) is 0 Å². The van der Waals surface area contributed by atoms with Crippen LogP contribution in [0, 0.1) is 10.1 Å². The summed E-state index contributed by atoms with van der Waals surface area (Å²) >= 11 is 0. The summed E-state index contributed by atoms with van der Waals surface area (Å²) in [5.74, 6) is 0. The van der Waals surface area contributed by atoms with Crippen molar-refractivity contribution in [2.45, 2.75) is 0 Å². The van der Waals surface area contributed by atoms with Crippen molar-refractivity contribution in [3.05, 3.63) is 70.3 Å². The van der Waals surface area contributed by atoms with Crippen molar-refractivity contribution in [1.82, 2.24) is 0 Å². The highest BCUT2D eigenvalue weighted by atomic mass is 16.6. The van der Waals surface area contributed by atoms with Gasteiger partial charge in [-0.1, -0.05) is 30.3 Å². The normalized spacial score (nSPS) is 10.6. The van der Waals surface area contributed by atoms with Gasteiger partial charge >= 0.3 is 0 Å². The van der Waals surface area contributed by atoms with Crippen LogP contribution < -0.4 is 0 Å². The highest BCUT2D eigenvalue weighted by Crippen LogP contribution is 2.17. The Morgan fingerprint density at radius 1 is 1.00 bits per heavy atom. The molecule has 0 spiro atoms. The van der Waals surface area contributed by atoms with E-state index in [-0.39, 0.29) is 5.69 Å². The van der Waals surface area contributed by atoms with Crippen LogP contribution in [0.25, 0.3) is 0 Å². The lowest BCUT2D eigenvalue weighted by molar-refractivity contribution is -0.384. The second-order valence-electron chi connectivity index (χ2n) is 3.44. The largest absolute Gasteiger partial charge is 0.269 e. The van der Waals surface area contributed by atoms with Crippen molar-refractivity contribution in [2.24, 2.45) is 4.99 Å². The second kappa shape index (κ2) is 5.03. The molecule has 4 heteroatoms. The minimum Gasteiger partial charge on any atom is -0.258 e. The van der Waals surface area contributed by atoms with E-state index >= 15 is 0 Å². The molecule has 0 saturated heterocycles. The maximum atomic E-state index is 10.5. The number of hydrogen-bond acceptors (Lipinski definition) is 3. The van der Waals surface area contributed by atoms with Gasteiger partial charge in [0.25, 0.3) is 5.69 Å². The average molecular weight is 226 g/mol. The molecule has 2 aromatic carbocycles. The summed E-state index contributed by atoms with van der Waals surface area (Å²) in [6, 6.07) is 15.8. The van der Waals surface area contributed by atoms with Crippen LogP contribution in [0.5, 0.6) is 0 Å². The van der Waals surface area contributed by atoms with Crippen molar-refractivity contribution in [3.8, 4) is 0 Å². The topological polar surface area (TPSA) is 55.5 Å². The lowest BCUT2D eigenvalue weighted by Crippen LogP contribution is -1.85.